The SMILES string of the molecule is O=C(NCc1ccc(Cl)cc1)c1ccc2n(c1=O)CCN(CC1(S(=O)(=O)CCCO)CC1)C2=O. The number of nitrogens with one attached hydrogen (secondary N) is 1. The molecular weight excluding hydrogens is 482 g/mol. The fraction of sp³-hybridized carbons (Fsp3) is 0.435. The molecule has 182 valence electrons. The predicted molar refractivity (Wildman–Crippen MR) is 127 cm³/mol. The number of sulfone groups is 1. The van der Waals surface area contributed by atoms with E-state index in [9.17, 15) is 22.8 Å². The Hall–Kier alpha value is -2.69. The standard InChI is InChI=1S/C23H26ClN3O6S/c24-17-4-2-16(3-5-17)14-25-20(29)18-6-7-19-22(31)26(10-11-27(19)21(18)30)15-23(8-9-23)34(32,33)13-1-12-28/h2-7,28H,1,8-15H2,(H,25,29). The summed E-state index contributed by atoms with van der Waals surface area (Å²) in [4.78, 5) is 40.1. The molecule has 2 aliphatic rings. The number of fused-ring (bicyclic) bond motifs is 1. The Labute approximate surface area is 202 Å². The van der Waals surface area contributed by atoms with Crippen LogP contribution in [-0.4, -0.2) is 65.0 Å². The highest BCUT2D eigenvalue weighted by atomic mass is 35.5. The molecule has 0 spiro atoms. The van der Waals surface area contributed by atoms with Gasteiger partial charge in [-0.05, 0) is 49.1 Å². The van der Waals surface area contributed by atoms with Gasteiger partial charge in [0.25, 0.3) is 17.4 Å². The molecule has 0 unspecified atom stereocenters. The van der Waals surface area contributed by atoms with E-state index in [0.29, 0.717) is 17.9 Å². The van der Waals surface area contributed by atoms with Gasteiger partial charge in [-0.2, -0.15) is 0 Å². The Morgan fingerprint density at radius 1 is 1.09 bits per heavy atom. The van der Waals surface area contributed by atoms with Crippen molar-refractivity contribution < 1.29 is 23.1 Å². The number of hydrogen-bond donors (Lipinski definition) is 2. The van der Waals surface area contributed by atoms with Gasteiger partial charge >= 0.3 is 0 Å². The summed E-state index contributed by atoms with van der Waals surface area (Å²) in [5, 5.41) is 12.3. The van der Waals surface area contributed by atoms with Crippen molar-refractivity contribution in [2.45, 2.75) is 37.1 Å². The summed E-state index contributed by atoms with van der Waals surface area (Å²) in [7, 11) is -3.45. The summed E-state index contributed by atoms with van der Waals surface area (Å²) in [5.74, 6) is -1.09. The molecule has 0 atom stereocenters. The van der Waals surface area contributed by atoms with Crippen molar-refractivity contribution in [2.24, 2.45) is 0 Å². The van der Waals surface area contributed by atoms with Gasteiger partial charge in [0.05, 0.1) is 10.5 Å². The Bertz CT molecular complexity index is 1270. The van der Waals surface area contributed by atoms with Crippen LogP contribution in [0.4, 0.5) is 0 Å². The molecule has 34 heavy (non-hydrogen) atoms. The molecule has 1 aromatic carbocycles. The summed E-state index contributed by atoms with van der Waals surface area (Å²) in [6.45, 7) is 0.432. The van der Waals surface area contributed by atoms with Crippen LogP contribution >= 0.6 is 11.6 Å². The Morgan fingerprint density at radius 2 is 1.79 bits per heavy atom. The lowest BCUT2D eigenvalue weighted by atomic mass is 10.1. The van der Waals surface area contributed by atoms with Gasteiger partial charge in [0, 0.05) is 37.8 Å². The molecule has 4 rings (SSSR count). The third-order valence-electron chi connectivity index (χ3n) is 6.40. The number of carbonyl (C=O) groups is 2. The van der Waals surface area contributed by atoms with Crippen LogP contribution in [-0.2, 0) is 22.9 Å². The molecule has 2 aromatic rings. The second-order valence-corrected chi connectivity index (χ2v) is 11.6. The Balaban J connectivity index is 1.47. The number of hydrogen-bond acceptors (Lipinski definition) is 6. The maximum atomic E-state index is 13.1. The van der Waals surface area contributed by atoms with E-state index in [2.05, 4.69) is 5.32 Å². The topological polar surface area (TPSA) is 126 Å². The molecule has 1 aliphatic heterocycles. The zero-order chi connectivity index (χ0) is 24.5. The van der Waals surface area contributed by atoms with Crippen LogP contribution in [0.2, 0.25) is 5.02 Å². The van der Waals surface area contributed by atoms with Gasteiger partial charge in [0.1, 0.15) is 11.3 Å². The molecule has 1 aromatic heterocycles. The Kier molecular flexibility index (Phi) is 6.84. The van der Waals surface area contributed by atoms with Crippen molar-refractivity contribution in [3.8, 4) is 0 Å². The van der Waals surface area contributed by atoms with Gasteiger partial charge < -0.3 is 19.9 Å². The molecule has 9 nitrogen and oxygen atoms in total. The fourth-order valence-electron chi connectivity index (χ4n) is 4.20. The average Bonchev–Trinajstić information content (AvgIpc) is 3.61. The number of benzene rings is 1. The van der Waals surface area contributed by atoms with Gasteiger partial charge in [-0.3, -0.25) is 14.4 Å². The van der Waals surface area contributed by atoms with E-state index in [1.165, 1.54) is 21.6 Å². The second-order valence-electron chi connectivity index (χ2n) is 8.70. The molecule has 0 radical (unpaired) electrons. The molecule has 11 heteroatoms. The minimum atomic E-state index is -3.45. The molecule has 0 saturated heterocycles. The van der Waals surface area contributed by atoms with E-state index in [1.807, 2.05) is 0 Å². The first-order chi connectivity index (χ1) is 16.2. The molecule has 1 fully saturated rings. The van der Waals surface area contributed by atoms with Crippen LogP contribution < -0.4 is 10.9 Å². The third kappa shape index (κ3) is 4.75. The number of aromatic nitrogens is 1. The summed E-state index contributed by atoms with van der Waals surface area (Å²) in [6.07, 6.45) is 1.12. The van der Waals surface area contributed by atoms with Crippen molar-refractivity contribution in [2.75, 3.05) is 25.4 Å². The third-order valence-corrected chi connectivity index (χ3v) is 9.34. The molecule has 2 heterocycles. The smallest absolute Gasteiger partial charge is 0.270 e. The van der Waals surface area contributed by atoms with Crippen molar-refractivity contribution in [1.82, 2.24) is 14.8 Å². The first-order valence-electron chi connectivity index (χ1n) is 11.1. The highest BCUT2D eigenvalue weighted by Gasteiger charge is 2.55. The maximum absolute atomic E-state index is 13.1. The number of halogens is 1. The van der Waals surface area contributed by atoms with Gasteiger partial charge in [-0.25, -0.2) is 8.42 Å². The molecule has 2 amide bonds. The lowest BCUT2D eigenvalue weighted by Gasteiger charge is -2.32. The average molecular weight is 508 g/mol. The largest absolute Gasteiger partial charge is 0.396 e. The predicted octanol–water partition coefficient (Wildman–Crippen LogP) is 1.22. The molecular formula is C23H26ClN3O6S. The van der Waals surface area contributed by atoms with Crippen LogP contribution in [0, 0.1) is 0 Å². The van der Waals surface area contributed by atoms with Crippen LogP contribution in [0.5, 0.6) is 0 Å². The fourth-order valence-corrected chi connectivity index (χ4v) is 6.35. The van der Waals surface area contributed by atoms with E-state index >= 15 is 0 Å². The van der Waals surface area contributed by atoms with E-state index in [1.54, 1.807) is 24.3 Å². The number of nitrogens with zero attached hydrogens (tertiary/aromatic N) is 2. The summed E-state index contributed by atoms with van der Waals surface area (Å²) in [5.41, 5.74) is 0.332. The normalized spacial score (nSPS) is 16.8. The van der Waals surface area contributed by atoms with Crippen LogP contribution in [0.25, 0.3) is 0 Å². The van der Waals surface area contributed by atoms with Crippen molar-refractivity contribution in [1.29, 1.82) is 0 Å². The number of pyridine rings is 1. The van der Waals surface area contributed by atoms with E-state index < -0.39 is 32.0 Å². The van der Waals surface area contributed by atoms with Crippen LogP contribution in [0.3, 0.4) is 0 Å². The van der Waals surface area contributed by atoms with Gasteiger partial charge in [0.2, 0.25) is 0 Å². The number of aliphatic hydroxyl groups excluding tert-OH is 1. The monoisotopic (exact) mass is 507 g/mol. The van der Waals surface area contributed by atoms with E-state index in [0.717, 1.165) is 5.56 Å². The highest BCUT2D eigenvalue weighted by molar-refractivity contribution is 7.93. The van der Waals surface area contributed by atoms with Crippen LogP contribution in [0.15, 0.2) is 41.2 Å². The van der Waals surface area contributed by atoms with E-state index in [-0.39, 0.29) is 56.2 Å². The number of carbonyl (C=O) groups excluding carboxylic acids is 2. The summed E-state index contributed by atoms with van der Waals surface area (Å²) in [6, 6.07) is 9.72. The summed E-state index contributed by atoms with van der Waals surface area (Å²) < 4.78 is 25.7. The van der Waals surface area contributed by atoms with Gasteiger partial charge in [-0.1, -0.05) is 23.7 Å². The summed E-state index contributed by atoms with van der Waals surface area (Å²) >= 11 is 5.86. The van der Waals surface area contributed by atoms with E-state index in [4.69, 9.17) is 16.7 Å². The lowest BCUT2D eigenvalue weighted by Crippen LogP contribution is -2.50. The minimum Gasteiger partial charge on any atom is -0.396 e. The highest BCUT2D eigenvalue weighted by Crippen LogP contribution is 2.45. The first-order valence-corrected chi connectivity index (χ1v) is 13.1. The van der Waals surface area contributed by atoms with Gasteiger partial charge in [0.15, 0.2) is 9.84 Å². The molecule has 2 N–H and O–H groups in total. The number of rotatable bonds is 9. The number of amides is 2. The zero-order valence-corrected chi connectivity index (χ0v) is 20.1. The first kappa shape index (κ1) is 24.4. The maximum Gasteiger partial charge on any atom is 0.270 e. The lowest BCUT2D eigenvalue weighted by molar-refractivity contribution is 0.0695. The van der Waals surface area contributed by atoms with Crippen molar-refractivity contribution >= 4 is 33.3 Å². The second kappa shape index (κ2) is 9.52. The van der Waals surface area contributed by atoms with Crippen LogP contribution in [0.1, 0.15) is 45.7 Å². The van der Waals surface area contributed by atoms with Gasteiger partial charge in [-0.15, -0.1) is 0 Å². The minimum absolute atomic E-state index is 0.0655. The quantitative estimate of drug-likeness (QED) is 0.525. The van der Waals surface area contributed by atoms with Crippen molar-refractivity contribution in [3.63, 3.8) is 0 Å². The van der Waals surface area contributed by atoms with Crippen molar-refractivity contribution in [3.05, 3.63) is 68.6 Å². The number of aliphatic hydroxyl groups is 1. The zero-order valence-electron chi connectivity index (χ0n) is 18.5. The molecule has 1 saturated carbocycles. The molecule has 0 bridgehead atoms. The Morgan fingerprint density at radius 3 is 2.44 bits per heavy atom. The molecule has 1 aliphatic carbocycles.